The second-order valence-corrected chi connectivity index (χ2v) is 11.7. The molecule has 0 aliphatic carbocycles. The summed E-state index contributed by atoms with van der Waals surface area (Å²) in [6, 6.07) is 8.18. The van der Waals surface area contributed by atoms with Crippen molar-refractivity contribution in [2.24, 2.45) is 0 Å². The molecule has 2 aromatic heterocycles. The van der Waals surface area contributed by atoms with E-state index in [2.05, 4.69) is 40.7 Å². The number of ether oxygens (including phenoxy) is 1. The summed E-state index contributed by atoms with van der Waals surface area (Å²) in [7, 11) is 0. The van der Waals surface area contributed by atoms with Crippen molar-refractivity contribution in [2.45, 2.75) is 88.1 Å². The van der Waals surface area contributed by atoms with Gasteiger partial charge < -0.3 is 14.9 Å². The maximum absolute atomic E-state index is 10.9. The molecular formula is C24H32N2O3S. The highest BCUT2D eigenvalue weighted by atomic mass is 32.2. The molecule has 6 heteroatoms. The Kier molecular flexibility index (Phi) is 4.90. The molecule has 2 aliphatic rings. The molecule has 0 amide bonds. The first-order valence-electron chi connectivity index (χ1n) is 10.5. The molecule has 5 nitrogen and oxygen atoms in total. The second kappa shape index (κ2) is 6.76. The van der Waals surface area contributed by atoms with Gasteiger partial charge in [0.25, 0.3) is 0 Å². The van der Waals surface area contributed by atoms with Gasteiger partial charge in [-0.05, 0) is 38.5 Å². The van der Waals surface area contributed by atoms with E-state index in [0.717, 1.165) is 27.5 Å². The predicted octanol–water partition coefficient (Wildman–Crippen LogP) is 4.69. The van der Waals surface area contributed by atoms with E-state index in [1.54, 1.807) is 18.7 Å². The van der Waals surface area contributed by atoms with E-state index in [1.165, 1.54) is 0 Å². The van der Waals surface area contributed by atoms with Gasteiger partial charge in [-0.15, -0.1) is 11.8 Å². The lowest BCUT2D eigenvalue weighted by Gasteiger charge is -2.29. The van der Waals surface area contributed by atoms with E-state index in [9.17, 15) is 10.2 Å². The van der Waals surface area contributed by atoms with Gasteiger partial charge in [0, 0.05) is 38.4 Å². The standard InChI is InChI=1S/C24H32N2O3S/c1-21(2,3)17-10-8-14-15(29-24(7,28)19(14)25-17)12-22(4,5)18-11-9-16-20(26-18)23(6,27)13-30-16/h8-11,15,27-28H,12-13H2,1-7H3. The van der Waals surface area contributed by atoms with Crippen molar-refractivity contribution in [3.05, 3.63) is 52.6 Å². The topological polar surface area (TPSA) is 75.5 Å². The van der Waals surface area contributed by atoms with Gasteiger partial charge in [0.2, 0.25) is 5.79 Å². The Balaban J connectivity index is 1.66. The smallest absolute Gasteiger partial charge is 0.207 e. The van der Waals surface area contributed by atoms with Crippen LogP contribution in [0.3, 0.4) is 0 Å². The molecule has 4 heterocycles. The van der Waals surface area contributed by atoms with Gasteiger partial charge in [-0.2, -0.15) is 0 Å². The third-order valence-electron chi connectivity index (χ3n) is 6.12. The molecule has 2 aliphatic heterocycles. The van der Waals surface area contributed by atoms with Crippen molar-refractivity contribution in [2.75, 3.05) is 5.75 Å². The minimum Gasteiger partial charge on any atom is -0.383 e. The fraction of sp³-hybridized carbons (Fsp3) is 0.583. The normalized spacial score (nSPS) is 28.5. The Bertz CT molecular complexity index is 992. The van der Waals surface area contributed by atoms with E-state index in [0.29, 0.717) is 17.9 Å². The second-order valence-electron chi connectivity index (χ2n) is 10.7. The molecule has 0 saturated heterocycles. The fourth-order valence-corrected chi connectivity index (χ4v) is 5.39. The molecule has 2 N–H and O–H groups in total. The van der Waals surface area contributed by atoms with Crippen molar-refractivity contribution < 1.29 is 14.9 Å². The molecule has 0 spiro atoms. The van der Waals surface area contributed by atoms with E-state index in [1.807, 2.05) is 25.1 Å². The maximum Gasteiger partial charge on any atom is 0.207 e. The summed E-state index contributed by atoms with van der Waals surface area (Å²) in [5.41, 5.74) is 2.83. The number of nitrogens with zero attached hydrogens (tertiary/aromatic N) is 2. The van der Waals surface area contributed by atoms with Crippen LogP contribution in [0.15, 0.2) is 29.2 Å². The number of thioether (sulfide) groups is 1. The van der Waals surface area contributed by atoms with Crippen molar-refractivity contribution in [3.63, 3.8) is 0 Å². The van der Waals surface area contributed by atoms with E-state index < -0.39 is 11.4 Å². The maximum atomic E-state index is 10.9. The van der Waals surface area contributed by atoms with Crippen LogP contribution in [0.1, 0.15) is 89.3 Å². The average Bonchev–Trinajstić information content (AvgIpc) is 3.07. The van der Waals surface area contributed by atoms with Crippen molar-refractivity contribution in [1.82, 2.24) is 9.97 Å². The van der Waals surface area contributed by atoms with Gasteiger partial charge in [-0.3, -0.25) is 9.97 Å². The number of hydrogen-bond acceptors (Lipinski definition) is 6. The van der Waals surface area contributed by atoms with E-state index in [4.69, 9.17) is 14.7 Å². The van der Waals surface area contributed by atoms with Gasteiger partial charge in [0.1, 0.15) is 11.3 Å². The average molecular weight is 429 g/mol. The van der Waals surface area contributed by atoms with Crippen molar-refractivity contribution in [1.29, 1.82) is 0 Å². The van der Waals surface area contributed by atoms with Crippen LogP contribution in [0.2, 0.25) is 0 Å². The minimum atomic E-state index is -1.41. The summed E-state index contributed by atoms with van der Waals surface area (Å²) in [4.78, 5) is 10.7. The van der Waals surface area contributed by atoms with Crippen LogP contribution >= 0.6 is 11.8 Å². The third kappa shape index (κ3) is 3.68. The highest BCUT2D eigenvalue weighted by Gasteiger charge is 2.45. The largest absolute Gasteiger partial charge is 0.383 e. The first-order valence-corrected chi connectivity index (χ1v) is 11.5. The molecule has 3 unspecified atom stereocenters. The van der Waals surface area contributed by atoms with Crippen LogP contribution in [0, 0.1) is 0 Å². The molecule has 4 rings (SSSR count). The Labute approximate surface area is 183 Å². The zero-order valence-corrected chi connectivity index (χ0v) is 19.7. The van der Waals surface area contributed by atoms with Crippen LogP contribution in [0.4, 0.5) is 0 Å². The Morgan fingerprint density at radius 1 is 1.00 bits per heavy atom. The lowest BCUT2D eigenvalue weighted by Crippen LogP contribution is -2.27. The van der Waals surface area contributed by atoms with Crippen LogP contribution in [0.5, 0.6) is 0 Å². The summed E-state index contributed by atoms with van der Waals surface area (Å²) < 4.78 is 6.09. The van der Waals surface area contributed by atoms with Crippen molar-refractivity contribution in [3.8, 4) is 0 Å². The first kappa shape index (κ1) is 21.8. The highest BCUT2D eigenvalue weighted by Crippen LogP contribution is 2.48. The molecule has 0 fully saturated rings. The van der Waals surface area contributed by atoms with Crippen LogP contribution < -0.4 is 0 Å². The number of fused-ring (bicyclic) bond motifs is 2. The summed E-state index contributed by atoms with van der Waals surface area (Å²) in [6.45, 7) is 14.1. The van der Waals surface area contributed by atoms with Crippen LogP contribution in [0.25, 0.3) is 0 Å². The molecule has 0 bridgehead atoms. The SMILES string of the molecule is CC(C)(C)c1ccc2c(n1)C(C)(O)OC2CC(C)(C)c1ccc2c(n1)C(C)(O)CS2. The molecular weight excluding hydrogens is 396 g/mol. The molecule has 0 aromatic carbocycles. The zero-order valence-electron chi connectivity index (χ0n) is 18.9. The zero-order chi connectivity index (χ0) is 22.1. The Morgan fingerprint density at radius 2 is 1.63 bits per heavy atom. The van der Waals surface area contributed by atoms with E-state index in [-0.39, 0.29) is 16.9 Å². The Hall–Kier alpha value is -1.47. The summed E-state index contributed by atoms with van der Waals surface area (Å²) >= 11 is 1.64. The molecule has 2 aromatic rings. The fourth-order valence-electron chi connectivity index (χ4n) is 4.25. The van der Waals surface area contributed by atoms with Gasteiger partial charge in [-0.25, -0.2) is 0 Å². The van der Waals surface area contributed by atoms with Crippen LogP contribution in [-0.4, -0.2) is 25.9 Å². The highest BCUT2D eigenvalue weighted by molar-refractivity contribution is 7.99. The van der Waals surface area contributed by atoms with Crippen molar-refractivity contribution >= 4 is 11.8 Å². The first-order chi connectivity index (χ1) is 13.7. The number of rotatable bonds is 3. The molecule has 0 radical (unpaired) electrons. The number of aliphatic hydroxyl groups is 2. The molecule has 3 atom stereocenters. The monoisotopic (exact) mass is 428 g/mol. The number of hydrogen-bond donors (Lipinski definition) is 2. The summed E-state index contributed by atoms with van der Waals surface area (Å²) in [6.07, 6.45) is 0.366. The summed E-state index contributed by atoms with van der Waals surface area (Å²) in [5.74, 6) is -0.786. The number of pyridine rings is 2. The quantitative estimate of drug-likeness (QED) is 0.739. The van der Waals surface area contributed by atoms with Gasteiger partial charge in [0.05, 0.1) is 11.8 Å². The van der Waals surface area contributed by atoms with Crippen LogP contribution in [-0.2, 0) is 27.0 Å². The van der Waals surface area contributed by atoms with E-state index >= 15 is 0 Å². The summed E-state index contributed by atoms with van der Waals surface area (Å²) in [5, 5.41) is 21.6. The number of aromatic nitrogens is 2. The minimum absolute atomic E-state index is 0.105. The van der Waals surface area contributed by atoms with Gasteiger partial charge in [-0.1, -0.05) is 40.7 Å². The van der Waals surface area contributed by atoms with Gasteiger partial charge in [0.15, 0.2) is 0 Å². The Morgan fingerprint density at radius 3 is 2.30 bits per heavy atom. The molecule has 0 saturated carbocycles. The molecule has 162 valence electrons. The lowest BCUT2D eigenvalue weighted by molar-refractivity contribution is -0.215. The van der Waals surface area contributed by atoms with Gasteiger partial charge >= 0.3 is 0 Å². The molecule has 30 heavy (non-hydrogen) atoms. The predicted molar refractivity (Wildman–Crippen MR) is 119 cm³/mol. The lowest BCUT2D eigenvalue weighted by atomic mass is 9.81. The third-order valence-corrected chi connectivity index (χ3v) is 7.47.